The van der Waals surface area contributed by atoms with Crippen LogP contribution in [0, 0.1) is 0 Å². The second kappa shape index (κ2) is 4.98. The molecule has 1 atom stereocenters. The van der Waals surface area contributed by atoms with E-state index in [9.17, 15) is 4.79 Å². The van der Waals surface area contributed by atoms with Gasteiger partial charge in [0.25, 0.3) is 0 Å². The SMILES string of the molecule is N[C@H](CCc1ccccc1Cl)C(=O)O. The van der Waals surface area contributed by atoms with E-state index in [-0.39, 0.29) is 0 Å². The van der Waals surface area contributed by atoms with E-state index in [0.29, 0.717) is 17.9 Å². The van der Waals surface area contributed by atoms with Gasteiger partial charge in [-0.3, -0.25) is 4.79 Å². The molecule has 1 rings (SSSR count). The summed E-state index contributed by atoms with van der Waals surface area (Å²) < 4.78 is 0. The van der Waals surface area contributed by atoms with Gasteiger partial charge in [0, 0.05) is 5.02 Å². The highest BCUT2D eigenvalue weighted by atomic mass is 35.5. The van der Waals surface area contributed by atoms with Crippen LogP contribution in [0.1, 0.15) is 12.0 Å². The minimum absolute atomic E-state index is 0.402. The zero-order valence-electron chi connectivity index (χ0n) is 7.61. The van der Waals surface area contributed by atoms with Crippen LogP contribution in [-0.4, -0.2) is 17.1 Å². The van der Waals surface area contributed by atoms with Gasteiger partial charge in [0.15, 0.2) is 0 Å². The fourth-order valence-electron chi connectivity index (χ4n) is 1.14. The molecule has 4 heteroatoms. The molecule has 14 heavy (non-hydrogen) atoms. The van der Waals surface area contributed by atoms with Crippen LogP contribution in [0.3, 0.4) is 0 Å². The largest absolute Gasteiger partial charge is 0.480 e. The van der Waals surface area contributed by atoms with E-state index in [0.717, 1.165) is 5.56 Å². The molecular weight excluding hydrogens is 202 g/mol. The van der Waals surface area contributed by atoms with Gasteiger partial charge in [-0.15, -0.1) is 0 Å². The van der Waals surface area contributed by atoms with Crippen LogP contribution in [0.4, 0.5) is 0 Å². The second-order valence-corrected chi connectivity index (χ2v) is 3.48. The Labute approximate surface area is 87.5 Å². The molecule has 1 aromatic rings. The van der Waals surface area contributed by atoms with Crippen molar-refractivity contribution in [3.05, 3.63) is 34.9 Å². The molecule has 0 amide bonds. The van der Waals surface area contributed by atoms with Crippen molar-refractivity contribution in [3.8, 4) is 0 Å². The highest BCUT2D eigenvalue weighted by Crippen LogP contribution is 2.16. The summed E-state index contributed by atoms with van der Waals surface area (Å²) >= 11 is 5.90. The summed E-state index contributed by atoms with van der Waals surface area (Å²) in [6.45, 7) is 0. The molecule has 0 aliphatic carbocycles. The van der Waals surface area contributed by atoms with Gasteiger partial charge >= 0.3 is 5.97 Å². The van der Waals surface area contributed by atoms with Crippen molar-refractivity contribution in [1.29, 1.82) is 0 Å². The Balaban J connectivity index is 2.54. The molecule has 0 fully saturated rings. The van der Waals surface area contributed by atoms with Crippen LogP contribution >= 0.6 is 11.6 Å². The van der Waals surface area contributed by atoms with E-state index >= 15 is 0 Å². The lowest BCUT2D eigenvalue weighted by Crippen LogP contribution is -2.30. The van der Waals surface area contributed by atoms with Gasteiger partial charge in [0.1, 0.15) is 6.04 Å². The molecule has 0 aliphatic heterocycles. The molecule has 0 radical (unpaired) electrons. The predicted octanol–water partition coefficient (Wildman–Crippen LogP) is 1.68. The van der Waals surface area contributed by atoms with Crippen LogP contribution in [0.15, 0.2) is 24.3 Å². The molecule has 3 N–H and O–H groups in total. The van der Waals surface area contributed by atoms with Crippen molar-refractivity contribution in [2.24, 2.45) is 5.73 Å². The molecule has 0 aliphatic rings. The maximum atomic E-state index is 10.4. The van der Waals surface area contributed by atoms with Gasteiger partial charge in [-0.25, -0.2) is 0 Å². The van der Waals surface area contributed by atoms with Crippen molar-refractivity contribution in [2.45, 2.75) is 18.9 Å². The first-order valence-electron chi connectivity index (χ1n) is 4.33. The smallest absolute Gasteiger partial charge is 0.320 e. The number of carboxylic acid groups (broad SMARTS) is 1. The first kappa shape index (κ1) is 11.0. The van der Waals surface area contributed by atoms with Crippen molar-refractivity contribution in [1.82, 2.24) is 0 Å². The third-order valence-corrected chi connectivity index (χ3v) is 2.37. The number of hydrogen-bond donors (Lipinski definition) is 2. The number of carboxylic acids is 1. The lowest BCUT2D eigenvalue weighted by molar-refractivity contribution is -0.138. The Hall–Kier alpha value is -1.06. The summed E-state index contributed by atoms with van der Waals surface area (Å²) in [6, 6.07) is 6.54. The zero-order valence-corrected chi connectivity index (χ0v) is 8.37. The number of rotatable bonds is 4. The van der Waals surface area contributed by atoms with Crippen molar-refractivity contribution in [3.63, 3.8) is 0 Å². The fourth-order valence-corrected chi connectivity index (χ4v) is 1.37. The molecule has 0 heterocycles. The predicted molar refractivity (Wildman–Crippen MR) is 55.4 cm³/mol. The number of carbonyl (C=O) groups is 1. The van der Waals surface area contributed by atoms with Gasteiger partial charge < -0.3 is 10.8 Å². The van der Waals surface area contributed by atoms with Crippen molar-refractivity contribution in [2.75, 3.05) is 0 Å². The highest BCUT2D eigenvalue weighted by molar-refractivity contribution is 6.31. The van der Waals surface area contributed by atoms with Crippen LogP contribution in [0.2, 0.25) is 5.02 Å². The number of aliphatic carboxylic acids is 1. The van der Waals surface area contributed by atoms with E-state index in [1.165, 1.54) is 0 Å². The summed E-state index contributed by atoms with van der Waals surface area (Å²) in [5.41, 5.74) is 6.31. The minimum Gasteiger partial charge on any atom is -0.480 e. The molecular formula is C10H12ClNO2. The second-order valence-electron chi connectivity index (χ2n) is 3.07. The Morgan fingerprint density at radius 2 is 2.14 bits per heavy atom. The van der Waals surface area contributed by atoms with E-state index in [1.54, 1.807) is 6.07 Å². The Morgan fingerprint density at radius 1 is 1.50 bits per heavy atom. The Morgan fingerprint density at radius 3 is 2.71 bits per heavy atom. The van der Waals surface area contributed by atoms with Gasteiger partial charge in [-0.2, -0.15) is 0 Å². The molecule has 0 saturated carbocycles. The van der Waals surface area contributed by atoms with E-state index in [2.05, 4.69) is 0 Å². The summed E-state index contributed by atoms with van der Waals surface area (Å²) in [5, 5.41) is 9.23. The van der Waals surface area contributed by atoms with Crippen LogP contribution in [0.5, 0.6) is 0 Å². The molecule has 0 aromatic heterocycles. The number of benzene rings is 1. The lowest BCUT2D eigenvalue weighted by Gasteiger charge is -2.07. The third-order valence-electron chi connectivity index (χ3n) is 2.00. The first-order chi connectivity index (χ1) is 6.61. The third kappa shape index (κ3) is 3.01. The van der Waals surface area contributed by atoms with Gasteiger partial charge in [-0.1, -0.05) is 29.8 Å². The summed E-state index contributed by atoms with van der Waals surface area (Å²) in [7, 11) is 0. The number of hydrogen-bond acceptors (Lipinski definition) is 2. The lowest BCUT2D eigenvalue weighted by atomic mass is 10.1. The maximum absolute atomic E-state index is 10.4. The normalized spacial score (nSPS) is 12.4. The monoisotopic (exact) mass is 213 g/mol. The number of nitrogens with two attached hydrogens (primary N) is 1. The van der Waals surface area contributed by atoms with Crippen LogP contribution in [0.25, 0.3) is 0 Å². The topological polar surface area (TPSA) is 63.3 Å². The average Bonchev–Trinajstić information content (AvgIpc) is 2.16. The summed E-state index contributed by atoms with van der Waals surface area (Å²) in [5.74, 6) is -0.975. The zero-order chi connectivity index (χ0) is 10.6. The van der Waals surface area contributed by atoms with Crippen molar-refractivity contribution >= 4 is 17.6 Å². The molecule has 76 valence electrons. The van der Waals surface area contributed by atoms with Gasteiger partial charge in [0.2, 0.25) is 0 Å². The minimum atomic E-state index is -0.975. The van der Waals surface area contributed by atoms with Crippen molar-refractivity contribution < 1.29 is 9.90 Å². The Bertz CT molecular complexity index is 328. The number of aryl methyl sites for hydroxylation is 1. The fraction of sp³-hybridized carbons (Fsp3) is 0.300. The molecule has 0 saturated heterocycles. The molecule has 0 spiro atoms. The van der Waals surface area contributed by atoms with E-state index in [4.69, 9.17) is 22.4 Å². The quantitative estimate of drug-likeness (QED) is 0.800. The van der Waals surface area contributed by atoms with Gasteiger partial charge in [0.05, 0.1) is 0 Å². The van der Waals surface area contributed by atoms with Crippen LogP contribution < -0.4 is 5.73 Å². The number of halogens is 1. The molecule has 0 unspecified atom stereocenters. The van der Waals surface area contributed by atoms with E-state index in [1.807, 2.05) is 18.2 Å². The van der Waals surface area contributed by atoms with E-state index < -0.39 is 12.0 Å². The highest BCUT2D eigenvalue weighted by Gasteiger charge is 2.11. The Kier molecular flexibility index (Phi) is 3.92. The summed E-state index contributed by atoms with van der Waals surface area (Å²) in [4.78, 5) is 10.4. The molecule has 3 nitrogen and oxygen atoms in total. The molecule has 1 aromatic carbocycles. The first-order valence-corrected chi connectivity index (χ1v) is 4.71. The summed E-state index contributed by atoms with van der Waals surface area (Å²) in [6.07, 6.45) is 0.992. The molecule has 0 bridgehead atoms. The average molecular weight is 214 g/mol. The maximum Gasteiger partial charge on any atom is 0.320 e. The van der Waals surface area contributed by atoms with Gasteiger partial charge in [-0.05, 0) is 24.5 Å². The standard InChI is InChI=1S/C10H12ClNO2/c11-8-4-2-1-3-7(8)5-6-9(12)10(13)14/h1-4,9H,5-6,12H2,(H,13,14)/t9-/m1/s1. The van der Waals surface area contributed by atoms with Crippen LogP contribution in [-0.2, 0) is 11.2 Å².